The number of nitrogens with one attached hydrogen (secondary N) is 1. The molecule has 1 amide bonds. The highest BCUT2D eigenvalue weighted by Gasteiger charge is 2.17. The van der Waals surface area contributed by atoms with E-state index >= 15 is 0 Å². The van der Waals surface area contributed by atoms with Gasteiger partial charge in [-0.1, -0.05) is 58.9 Å². The molecule has 0 bridgehead atoms. The molecule has 0 saturated carbocycles. The fourth-order valence-electron chi connectivity index (χ4n) is 3.21. The normalized spacial score (nSPS) is 11.4. The van der Waals surface area contributed by atoms with E-state index < -0.39 is 0 Å². The van der Waals surface area contributed by atoms with E-state index in [2.05, 4.69) is 25.7 Å². The maximum Gasteiger partial charge on any atom is 0.328 e. The number of para-hydroxylation sites is 2. The van der Waals surface area contributed by atoms with Gasteiger partial charge in [-0.05, 0) is 19.1 Å². The zero-order chi connectivity index (χ0) is 20.7. The van der Waals surface area contributed by atoms with Crippen molar-refractivity contribution >= 4 is 40.5 Å². The predicted octanol–water partition coefficient (Wildman–Crippen LogP) is 3.31. The van der Waals surface area contributed by atoms with Crippen LogP contribution in [-0.4, -0.2) is 41.0 Å². The SMILES string of the molecule is Cc1ccc(-c2noc(NC(=O)CSc3nnc4n(C)c5ccccc5n34)n2)cc1. The quantitative estimate of drug-likeness (QED) is 0.436. The maximum atomic E-state index is 12.4. The number of hydrogen-bond donors (Lipinski definition) is 1. The van der Waals surface area contributed by atoms with Crippen molar-refractivity contribution in [3.8, 4) is 11.4 Å². The van der Waals surface area contributed by atoms with Crippen molar-refractivity contribution in [2.75, 3.05) is 11.1 Å². The van der Waals surface area contributed by atoms with Crippen LogP contribution >= 0.6 is 11.8 Å². The molecule has 0 aliphatic heterocycles. The summed E-state index contributed by atoms with van der Waals surface area (Å²) in [6.45, 7) is 2.00. The topological polar surface area (TPSA) is 103 Å². The highest BCUT2D eigenvalue weighted by Crippen LogP contribution is 2.25. The highest BCUT2D eigenvalue weighted by molar-refractivity contribution is 7.99. The van der Waals surface area contributed by atoms with Crippen molar-refractivity contribution in [1.82, 2.24) is 29.3 Å². The molecule has 150 valence electrons. The van der Waals surface area contributed by atoms with E-state index in [1.807, 2.05) is 71.5 Å². The number of benzene rings is 2. The van der Waals surface area contributed by atoms with Crippen LogP contribution in [0.25, 0.3) is 28.2 Å². The van der Waals surface area contributed by atoms with Gasteiger partial charge in [-0.15, -0.1) is 10.2 Å². The van der Waals surface area contributed by atoms with Crippen LogP contribution in [0.1, 0.15) is 5.56 Å². The van der Waals surface area contributed by atoms with Crippen molar-refractivity contribution in [2.24, 2.45) is 7.05 Å². The summed E-state index contributed by atoms with van der Waals surface area (Å²) in [5.74, 6) is 1.01. The van der Waals surface area contributed by atoms with Gasteiger partial charge in [0.05, 0.1) is 16.8 Å². The number of aromatic nitrogens is 6. The lowest BCUT2D eigenvalue weighted by atomic mass is 10.1. The Bertz CT molecular complexity index is 1370. The number of aryl methyl sites for hydroxylation is 2. The molecular formula is C20H17N7O2S. The molecule has 0 unspecified atom stereocenters. The molecule has 3 aromatic heterocycles. The predicted molar refractivity (Wildman–Crippen MR) is 113 cm³/mol. The van der Waals surface area contributed by atoms with Crippen LogP contribution in [0, 0.1) is 6.92 Å². The summed E-state index contributed by atoms with van der Waals surface area (Å²) in [7, 11) is 1.94. The van der Waals surface area contributed by atoms with Gasteiger partial charge in [-0.3, -0.25) is 14.5 Å². The minimum atomic E-state index is -0.268. The molecule has 10 heteroatoms. The Morgan fingerprint density at radius 1 is 1.10 bits per heavy atom. The van der Waals surface area contributed by atoms with E-state index in [1.54, 1.807) is 0 Å². The number of anilines is 1. The summed E-state index contributed by atoms with van der Waals surface area (Å²) < 4.78 is 9.06. The van der Waals surface area contributed by atoms with Gasteiger partial charge in [0.2, 0.25) is 17.5 Å². The number of amides is 1. The van der Waals surface area contributed by atoms with Gasteiger partial charge in [-0.25, -0.2) is 0 Å². The third-order valence-electron chi connectivity index (χ3n) is 4.71. The number of imidazole rings is 1. The van der Waals surface area contributed by atoms with Crippen LogP contribution in [0.2, 0.25) is 0 Å². The lowest BCUT2D eigenvalue weighted by molar-refractivity contribution is -0.114. The molecular weight excluding hydrogens is 402 g/mol. The molecule has 0 aliphatic rings. The van der Waals surface area contributed by atoms with Crippen LogP contribution in [0.4, 0.5) is 6.01 Å². The average molecular weight is 419 g/mol. The standard InChI is InChI=1S/C20H17N7O2S/c1-12-7-9-13(10-8-12)17-22-18(29-25-17)21-16(28)11-30-20-24-23-19-26(2)14-5-3-4-6-15(14)27(19)20/h3-10H,11H2,1-2H3,(H,21,22,25,28). The fourth-order valence-corrected chi connectivity index (χ4v) is 3.95. The zero-order valence-electron chi connectivity index (χ0n) is 16.2. The summed E-state index contributed by atoms with van der Waals surface area (Å²) in [5, 5.41) is 15.7. The third kappa shape index (κ3) is 3.20. The Balaban J connectivity index is 1.29. The first-order chi connectivity index (χ1) is 14.6. The van der Waals surface area contributed by atoms with Gasteiger partial charge in [-0.2, -0.15) is 4.98 Å². The summed E-state index contributed by atoms with van der Waals surface area (Å²) in [4.78, 5) is 16.6. The molecule has 0 aliphatic carbocycles. The lowest BCUT2D eigenvalue weighted by Gasteiger charge is -1.99. The number of fused-ring (bicyclic) bond motifs is 3. The van der Waals surface area contributed by atoms with Crippen molar-refractivity contribution in [2.45, 2.75) is 12.1 Å². The monoisotopic (exact) mass is 419 g/mol. The van der Waals surface area contributed by atoms with Gasteiger partial charge < -0.3 is 9.09 Å². The second-order valence-corrected chi connectivity index (χ2v) is 7.73. The van der Waals surface area contributed by atoms with Gasteiger partial charge >= 0.3 is 6.01 Å². The average Bonchev–Trinajstić information content (AvgIpc) is 3.45. The van der Waals surface area contributed by atoms with E-state index in [1.165, 1.54) is 11.8 Å². The Labute approximate surface area is 175 Å². The van der Waals surface area contributed by atoms with Crippen molar-refractivity contribution in [3.05, 3.63) is 54.1 Å². The number of rotatable bonds is 5. The summed E-state index contributed by atoms with van der Waals surface area (Å²) >= 11 is 1.29. The van der Waals surface area contributed by atoms with Crippen LogP contribution in [-0.2, 0) is 11.8 Å². The molecule has 5 rings (SSSR count). The van der Waals surface area contributed by atoms with Crippen molar-refractivity contribution < 1.29 is 9.32 Å². The Kier molecular flexibility index (Phi) is 4.47. The first-order valence-corrected chi connectivity index (χ1v) is 10.2. The number of carbonyl (C=O) groups is 1. The highest BCUT2D eigenvalue weighted by atomic mass is 32.2. The number of carbonyl (C=O) groups excluding carboxylic acids is 1. The molecule has 9 nitrogen and oxygen atoms in total. The van der Waals surface area contributed by atoms with Gasteiger partial charge in [0, 0.05) is 12.6 Å². The molecule has 5 aromatic rings. The van der Waals surface area contributed by atoms with E-state index in [4.69, 9.17) is 4.52 Å². The van der Waals surface area contributed by atoms with Gasteiger partial charge in [0.1, 0.15) is 0 Å². The van der Waals surface area contributed by atoms with Crippen LogP contribution in [0.15, 0.2) is 58.2 Å². The molecule has 3 heterocycles. The Morgan fingerprint density at radius 2 is 1.87 bits per heavy atom. The summed E-state index contributed by atoms with van der Waals surface area (Å²) in [5.41, 5.74) is 3.99. The molecule has 0 fully saturated rings. The lowest BCUT2D eigenvalue weighted by Crippen LogP contribution is -2.14. The van der Waals surface area contributed by atoms with Gasteiger partial charge in [0.15, 0.2) is 5.16 Å². The minimum Gasteiger partial charge on any atom is -0.315 e. The number of hydrogen-bond acceptors (Lipinski definition) is 7. The van der Waals surface area contributed by atoms with E-state index in [0.717, 1.165) is 27.9 Å². The van der Waals surface area contributed by atoms with Crippen molar-refractivity contribution in [1.29, 1.82) is 0 Å². The number of thioether (sulfide) groups is 1. The fraction of sp³-hybridized carbons (Fsp3) is 0.150. The minimum absolute atomic E-state index is 0.0627. The first kappa shape index (κ1) is 18.4. The Morgan fingerprint density at radius 3 is 2.67 bits per heavy atom. The maximum absolute atomic E-state index is 12.4. The second kappa shape index (κ2) is 7.30. The summed E-state index contributed by atoms with van der Waals surface area (Å²) in [6, 6.07) is 15.8. The molecule has 0 radical (unpaired) electrons. The van der Waals surface area contributed by atoms with Crippen LogP contribution < -0.4 is 5.32 Å². The van der Waals surface area contributed by atoms with Crippen LogP contribution in [0.3, 0.4) is 0 Å². The molecule has 0 atom stereocenters. The molecule has 30 heavy (non-hydrogen) atoms. The van der Waals surface area contributed by atoms with E-state index in [9.17, 15) is 4.79 Å². The second-order valence-electron chi connectivity index (χ2n) is 6.79. The zero-order valence-corrected chi connectivity index (χ0v) is 17.1. The largest absolute Gasteiger partial charge is 0.328 e. The van der Waals surface area contributed by atoms with E-state index in [-0.39, 0.29) is 17.7 Å². The molecule has 1 N–H and O–H groups in total. The smallest absolute Gasteiger partial charge is 0.315 e. The van der Waals surface area contributed by atoms with Crippen molar-refractivity contribution in [3.63, 3.8) is 0 Å². The van der Waals surface area contributed by atoms with Crippen LogP contribution in [0.5, 0.6) is 0 Å². The van der Waals surface area contributed by atoms with Gasteiger partial charge in [0.25, 0.3) is 0 Å². The molecule has 0 spiro atoms. The third-order valence-corrected chi connectivity index (χ3v) is 5.64. The molecule has 0 saturated heterocycles. The number of nitrogens with zero attached hydrogens (tertiary/aromatic N) is 6. The molecule has 2 aromatic carbocycles. The summed E-state index contributed by atoms with van der Waals surface area (Å²) in [6.07, 6.45) is 0. The van der Waals surface area contributed by atoms with E-state index in [0.29, 0.717) is 11.0 Å². The first-order valence-electron chi connectivity index (χ1n) is 9.22. The Hall–Kier alpha value is -3.66.